The Bertz CT molecular complexity index is 1510. The number of carboxylic acid groups (broad SMARTS) is 2. The predicted octanol–water partition coefficient (Wildman–Crippen LogP) is 5.06. The molecule has 230 valence electrons. The van der Waals surface area contributed by atoms with Crippen LogP contribution in [0.1, 0.15) is 61.4 Å². The highest BCUT2D eigenvalue weighted by Crippen LogP contribution is 2.26. The highest BCUT2D eigenvalue weighted by atomic mass is 32.2. The van der Waals surface area contributed by atoms with Gasteiger partial charge in [0.15, 0.2) is 0 Å². The van der Waals surface area contributed by atoms with Crippen molar-refractivity contribution >= 4 is 33.5 Å². The fraction of sp³-hybridized carbons (Fsp3) is 0.407. The van der Waals surface area contributed by atoms with Gasteiger partial charge in [-0.1, -0.05) is 39.8 Å². The van der Waals surface area contributed by atoms with E-state index in [9.17, 15) is 31.5 Å². The number of hydrogen-bond acceptors (Lipinski definition) is 7. The molecule has 0 saturated carbocycles. The van der Waals surface area contributed by atoms with Gasteiger partial charge in [-0.3, -0.25) is 9.40 Å². The van der Waals surface area contributed by atoms with Gasteiger partial charge in [0.05, 0.1) is 34.7 Å². The number of carbonyl (C=O) groups is 2. The van der Waals surface area contributed by atoms with E-state index in [-0.39, 0.29) is 27.4 Å². The molecule has 0 radical (unpaired) electrons. The number of aromatic carboxylic acids is 1. The van der Waals surface area contributed by atoms with Gasteiger partial charge >= 0.3 is 18.1 Å². The third kappa shape index (κ3) is 9.19. The molecule has 3 rings (SSSR count). The van der Waals surface area contributed by atoms with Crippen LogP contribution in [0.4, 0.5) is 24.7 Å². The summed E-state index contributed by atoms with van der Waals surface area (Å²) in [5.74, 6) is -3.72. The molecule has 0 atom stereocenters. The molecule has 0 saturated heterocycles. The van der Waals surface area contributed by atoms with Crippen molar-refractivity contribution in [1.82, 2.24) is 14.8 Å². The molecule has 3 N–H and O–H groups in total. The highest BCUT2D eigenvalue weighted by Gasteiger charge is 2.38. The average molecular weight is 614 g/mol. The number of rotatable bonds is 9. The Hall–Kier alpha value is -4.14. The number of halogens is 3. The minimum absolute atomic E-state index is 0.0753. The van der Waals surface area contributed by atoms with Crippen LogP contribution in [0.3, 0.4) is 0 Å². The molecule has 3 aromatic rings. The van der Waals surface area contributed by atoms with Crippen LogP contribution in [0, 0.1) is 6.92 Å². The number of carboxylic acids is 2. The molecule has 0 spiro atoms. The zero-order valence-corrected chi connectivity index (χ0v) is 24.8. The van der Waals surface area contributed by atoms with Gasteiger partial charge in [-0.15, -0.1) is 0 Å². The van der Waals surface area contributed by atoms with Crippen molar-refractivity contribution in [3.05, 3.63) is 65.1 Å². The summed E-state index contributed by atoms with van der Waals surface area (Å²) in [6, 6.07) is 9.88. The maximum absolute atomic E-state index is 12.9. The highest BCUT2D eigenvalue weighted by molar-refractivity contribution is 7.92. The fourth-order valence-electron chi connectivity index (χ4n) is 3.77. The van der Waals surface area contributed by atoms with Gasteiger partial charge in [-0.05, 0) is 48.6 Å². The molecule has 2 heterocycles. The van der Waals surface area contributed by atoms with E-state index in [1.165, 1.54) is 24.4 Å². The summed E-state index contributed by atoms with van der Waals surface area (Å²) in [7, 11) is -2.17. The zero-order valence-electron chi connectivity index (χ0n) is 24.0. The van der Waals surface area contributed by atoms with Crippen LogP contribution in [0.25, 0.3) is 0 Å². The van der Waals surface area contributed by atoms with Gasteiger partial charge < -0.3 is 15.1 Å². The van der Waals surface area contributed by atoms with Crippen molar-refractivity contribution in [2.24, 2.45) is 0 Å². The molecule has 0 aliphatic carbocycles. The number of anilines is 2. The maximum Gasteiger partial charge on any atom is 0.490 e. The largest absolute Gasteiger partial charge is 0.490 e. The molecule has 11 nitrogen and oxygen atoms in total. The maximum atomic E-state index is 12.9. The van der Waals surface area contributed by atoms with Crippen LogP contribution in [-0.2, 0) is 33.3 Å². The number of aromatic nitrogens is 3. The first-order valence-electron chi connectivity index (χ1n) is 12.7. The SMILES string of the molecule is CCCn1nc(C)cc1CN(C)c1ncc(NS(=O)(=O)c2ccc(C(C)(C)C)cc2)cc1C(=O)O.O=C(O)C(F)(F)F. The van der Waals surface area contributed by atoms with Crippen LogP contribution in [0.5, 0.6) is 0 Å². The van der Waals surface area contributed by atoms with Crippen LogP contribution in [0.2, 0.25) is 0 Å². The second-order valence-corrected chi connectivity index (χ2v) is 12.1. The summed E-state index contributed by atoms with van der Waals surface area (Å²) in [5, 5.41) is 21.4. The molecule has 1 aromatic carbocycles. The average Bonchev–Trinajstić information content (AvgIpc) is 3.21. The van der Waals surface area contributed by atoms with E-state index < -0.39 is 28.1 Å². The van der Waals surface area contributed by atoms with Crippen molar-refractivity contribution in [3.8, 4) is 0 Å². The predicted molar refractivity (Wildman–Crippen MR) is 150 cm³/mol. The molecule has 42 heavy (non-hydrogen) atoms. The topological polar surface area (TPSA) is 155 Å². The molecule has 0 bridgehead atoms. The lowest BCUT2D eigenvalue weighted by molar-refractivity contribution is -0.192. The molecular formula is C27H34F3N5O6S. The van der Waals surface area contributed by atoms with Crippen LogP contribution < -0.4 is 9.62 Å². The molecule has 0 fully saturated rings. The first-order chi connectivity index (χ1) is 19.3. The number of sulfonamides is 1. The molecule has 0 aliphatic rings. The summed E-state index contributed by atoms with van der Waals surface area (Å²) < 4.78 is 61.9. The minimum atomic E-state index is -5.08. The van der Waals surface area contributed by atoms with Crippen LogP contribution in [0.15, 0.2) is 47.5 Å². The number of pyridine rings is 1. The van der Waals surface area contributed by atoms with Crippen LogP contribution in [-0.4, -0.2) is 58.6 Å². The van der Waals surface area contributed by atoms with E-state index >= 15 is 0 Å². The van der Waals surface area contributed by atoms with Crippen LogP contribution >= 0.6 is 0 Å². The van der Waals surface area contributed by atoms with E-state index in [0.717, 1.165) is 29.9 Å². The number of aryl methyl sites for hydroxylation is 2. The summed E-state index contributed by atoms with van der Waals surface area (Å²) in [6.07, 6.45) is -2.84. The Labute approximate surface area is 242 Å². The molecule has 0 amide bonds. The summed E-state index contributed by atoms with van der Waals surface area (Å²) >= 11 is 0. The normalized spacial score (nSPS) is 11.8. The van der Waals surface area contributed by atoms with Gasteiger partial charge in [0, 0.05) is 13.6 Å². The lowest BCUT2D eigenvalue weighted by Crippen LogP contribution is -2.23. The Morgan fingerprint density at radius 2 is 1.64 bits per heavy atom. The van der Waals surface area contributed by atoms with E-state index in [0.29, 0.717) is 6.54 Å². The Morgan fingerprint density at radius 3 is 2.12 bits per heavy atom. The van der Waals surface area contributed by atoms with Gasteiger partial charge in [-0.25, -0.2) is 23.0 Å². The monoisotopic (exact) mass is 613 g/mol. The first kappa shape index (κ1) is 34.1. The second kappa shape index (κ2) is 13.2. The minimum Gasteiger partial charge on any atom is -0.478 e. The standard InChI is InChI=1S/C25H33N5O4S.C2HF3O2/c1-7-12-30-20(13-17(2)27-30)16-29(6)23-22(24(31)32)14-19(15-26-23)28-35(33,34)21-10-8-18(9-11-21)25(3,4)5;3-2(4,5)1(6)7/h8-11,13-15,28H,7,12,16H2,1-6H3,(H,31,32);(H,6,7). The molecule has 2 aromatic heterocycles. The Kier molecular flexibility index (Phi) is 10.7. The van der Waals surface area contributed by atoms with E-state index in [4.69, 9.17) is 9.90 Å². The van der Waals surface area contributed by atoms with E-state index in [1.54, 1.807) is 24.1 Å². The Morgan fingerprint density at radius 1 is 1.07 bits per heavy atom. The fourth-order valence-corrected chi connectivity index (χ4v) is 4.81. The lowest BCUT2D eigenvalue weighted by atomic mass is 9.87. The van der Waals surface area contributed by atoms with E-state index in [1.807, 2.05) is 38.4 Å². The quantitative estimate of drug-likeness (QED) is 0.300. The number of benzene rings is 1. The number of hydrogen-bond donors (Lipinski definition) is 3. The lowest BCUT2D eigenvalue weighted by Gasteiger charge is -2.21. The van der Waals surface area contributed by atoms with Gasteiger partial charge in [0.25, 0.3) is 10.0 Å². The summed E-state index contributed by atoms with van der Waals surface area (Å²) in [4.78, 5) is 27.0. The van der Waals surface area contributed by atoms with Gasteiger partial charge in [0.2, 0.25) is 0 Å². The number of nitrogens with one attached hydrogen (secondary N) is 1. The van der Waals surface area contributed by atoms with Crippen molar-refractivity contribution < 1.29 is 41.4 Å². The van der Waals surface area contributed by atoms with Crippen molar-refractivity contribution in [1.29, 1.82) is 0 Å². The van der Waals surface area contributed by atoms with Crippen molar-refractivity contribution in [3.63, 3.8) is 0 Å². The smallest absolute Gasteiger partial charge is 0.478 e. The molecule has 0 unspecified atom stereocenters. The number of alkyl halides is 3. The number of nitrogens with zero attached hydrogens (tertiary/aromatic N) is 4. The molecular weight excluding hydrogens is 579 g/mol. The van der Waals surface area contributed by atoms with Crippen molar-refractivity contribution in [2.45, 2.75) is 70.6 Å². The first-order valence-corrected chi connectivity index (χ1v) is 14.2. The Balaban J connectivity index is 0.000000782. The van der Waals surface area contributed by atoms with Gasteiger partial charge in [-0.2, -0.15) is 18.3 Å². The third-order valence-electron chi connectivity index (χ3n) is 5.80. The molecule has 0 aliphatic heterocycles. The second-order valence-electron chi connectivity index (χ2n) is 10.4. The third-order valence-corrected chi connectivity index (χ3v) is 7.20. The number of aliphatic carboxylic acids is 1. The van der Waals surface area contributed by atoms with Gasteiger partial charge in [0.1, 0.15) is 11.4 Å². The zero-order chi connectivity index (χ0) is 32.0. The summed E-state index contributed by atoms with van der Waals surface area (Å²) in [6.45, 7) is 11.3. The van der Waals surface area contributed by atoms with E-state index in [2.05, 4.69) is 21.7 Å². The molecule has 15 heteroatoms. The summed E-state index contributed by atoms with van der Waals surface area (Å²) in [5.41, 5.74) is 2.70. The van der Waals surface area contributed by atoms with Crippen molar-refractivity contribution in [2.75, 3.05) is 16.7 Å².